The molecule has 0 aromatic heterocycles. The topological polar surface area (TPSA) is 46.2 Å². The third-order valence-electron chi connectivity index (χ3n) is 2.84. The molecule has 0 radical (unpaired) electrons. The fourth-order valence-corrected chi connectivity index (χ4v) is 3.03. The summed E-state index contributed by atoms with van der Waals surface area (Å²) in [7, 11) is -3.13. The summed E-state index contributed by atoms with van der Waals surface area (Å²) in [6.45, 7) is 2.07. The Bertz CT molecular complexity index is 467. The van der Waals surface area contributed by atoms with Crippen LogP contribution in [0.3, 0.4) is 0 Å². The third kappa shape index (κ3) is 2.21. The van der Waals surface area contributed by atoms with Crippen molar-refractivity contribution in [3.05, 3.63) is 35.4 Å². The number of benzene rings is 1. The quantitative estimate of drug-likeness (QED) is 0.828. The molecular formula is C11H15NO2S. The fraction of sp³-hybridized carbons (Fsp3) is 0.455. The van der Waals surface area contributed by atoms with E-state index in [1.54, 1.807) is 0 Å². The minimum Gasteiger partial charge on any atom is -0.213 e. The maximum absolute atomic E-state index is 11.2. The Kier molecular flexibility index (Phi) is 2.56. The van der Waals surface area contributed by atoms with Gasteiger partial charge in [0.1, 0.15) is 0 Å². The van der Waals surface area contributed by atoms with Crippen molar-refractivity contribution in [3.63, 3.8) is 0 Å². The predicted octanol–water partition coefficient (Wildman–Crippen LogP) is 1.47. The van der Waals surface area contributed by atoms with Gasteiger partial charge < -0.3 is 0 Å². The summed E-state index contributed by atoms with van der Waals surface area (Å²) in [5.74, 6) is 0.331. The second-order valence-corrected chi connectivity index (χ2v) is 6.03. The molecule has 2 atom stereocenters. The van der Waals surface area contributed by atoms with Crippen LogP contribution < -0.4 is 4.72 Å². The van der Waals surface area contributed by atoms with Gasteiger partial charge in [-0.3, -0.25) is 0 Å². The standard InChI is InChI=1S/C11H15NO2S/c1-8-7-9-5-3-4-6-10(9)11(8)12-15(2,13)14/h3-6,8,11-12H,7H2,1-2H3/t8-,11+/m0/s1. The van der Waals surface area contributed by atoms with Gasteiger partial charge in [0.2, 0.25) is 10.0 Å². The minimum atomic E-state index is -3.13. The highest BCUT2D eigenvalue weighted by Crippen LogP contribution is 2.35. The van der Waals surface area contributed by atoms with Gasteiger partial charge in [0.25, 0.3) is 0 Å². The van der Waals surface area contributed by atoms with Crippen molar-refractivity contribution in [2.45, 2.75) is 19.4 Å². The molecule has 1 aromatic carbocycles. The summed E-state index contributed by atoms with van der Waals surface area (Å²) in [4.78, 5) is 0. The summed E-state index contributed by atoms with van der Waals surface area (Å²) >= 11 is 0. The Morgan fingerprint density at radius 1 is 1.33 bits per heavy atom. The number of fused-ring (bicyclic) bond motifs is 1. The smallest absolute Gasteiger partial charge is 0.209 e. The van der Waals surface area contributed by atoms with Gasteiger partial charge in [-0.25, -0.2) is 13.1 Å². The number of hydrogen-bond acceptors (Lipinski definition) is 2. The highest BCUT2D eigenvalue weighted by atomic mass is 32.2. The maximum Gasteiger partial charge on any atom is 0.209 e. The Morgan fingerprint density at radius 2 is 2.00 bits per heavy atom. The number of sulfonamides is 1. The van der Waals surface area contributed by atoms with Crippen LogP contribution >= 0.6 is 0 Å². The Labute approximate surface area is 90.6 Å². The molecular weight excluding hydrogens is 210 g/mol. The molecule has 3 nitrogen and oxygen atoms in total. The summed E-state index contributed by atoms with van der Waals surface area (Å²) < 4.78 is 25.2. The number of hydrogen-bond donors (Lipinski definition) is 1. The van der Waals surface area contributed by atoms with Gasteiger partial charge >= 0.3 is 0 Å². The lowest BCUT2D eigenvalue weighted by Crippen LogP contribution is -2.29. The molecule has 0 saturated heterocycles. The lowest BCUT2D eigenvalue weighted by atomic mass is 10.0. The fourth-order valence-electron chi connectivity index (χ4n) is 2.21. The van der Waals surface area contributed by atoms with Crippen molar-refractivity contribution >= 4 is 10.0 Å². The molecule has 4 heteroatoms. The van der Waals surface area contributed by atoms with Gasteiger partial charge in [-0.15, -0.1) is 0 Å². The first-order chi connectivity index (χ1) is 6.97. The first-order valence-electron chi connectivity index (χ1n) is 5.02. The molecule has 2 rings (SSSR count). The van der Waals surface area contributed by atoms with E-state index in [0.717, 1.165) is 12.0 Å². The van der Waals surface area contributed by atoms with E-state index >= 15 is 0 Å². The molecule has 82 valence electrons. The van der Waals surface area contributed by atoms with E-state index < -0.39 is 10.0 Å². The van der Waals surface area contributed by atoms with E-state index in [0.29, 0.717) is 5.92 Å². The average molecular weight is 225 g/mol. The molecule has 0 amide bonds. The van der Waals surface area contributed by atoms with Gasteiger partial charge in [0.05, 0.1) is 6.26 Å². The summed E-state index contributed by atoms with van der Waals surface area (Å²) in [6.07, 6.45) is 2.16. The van der Waals surface area contributed by atoms with Gasteiger partial charge in [-0.05, 0) is 23.5 Å². The van der Waals surface area contributed by atoms with E-state index in [-0.39, 0.29) is 6.04 Å². The van der Waals surface area contributed by atoms with Crippen molar-refractivity contribution in [2.75, 3.05) is 6.26 Å². The van der Waals surface area contributed by atoms with Crippen molar-refractivity contribution in [3.8, 4) is 0 Å². The van der Waals surface area contributed by atoms with Crippen LogP contribution in [-0.4, -0.2) is 14.7 Å². The minimum absolute atomic E-state index is 0.0591. The largest absolute Gasteiger partial charge is 0.213 e. The molecule has 1 aliphatic carbocycles. The monoisotopic (exact) mass is 225 g/mol. The van der Waals surface area contributed by atoms with Crippen molar-refractivity contribution in [1.29, 1.82) is 0 Å². The lowest BCUT2D eigenvalue weighted by Gasteiger charge is -2.16. The van der Waals surface area contributed by atoms with Gasteiger partial charge in [-0.1, -0.05) is 31.2 Å². The van der Waals surface area contributed by atoms with Gasteiger partial charge in [0, 0.05) is 6.04 Å². The van der Waals surface area contributed by atoms with E-state index in [4.69, 9.17) is 0 Å². The zero-order valence-electron chi connectivity index (χ0n) is 8.90. The van der Waals surface area contributed by atoms with Crippen LogP contribution in [0, 0.1) is 5.92 Å². The normalized spacial score (nSPS) is 25.2. The van der Waals surface area contributed by atoms with E-state index in [2.05, 4.69) is 17.7 Å². The Hall–Kier alpha value is -0.870. The van der Waals surface area contributed by atoms with Crippen LogP contribution in [0.1, 0.15) is 24.1 Å². The molecule has 1 aliphatic rings. The van der Waals surface area contributed by atoms with Crippen LogP contribution in [0.15, 0.2) is 24.3 Å². The van der Waals surface area contributed by atoms with E-state index in [1.165, 1.54) is 11.8 Å². The summed E-state index contributed by atoms with van der Waals surface area (Å²) in [5, 5.41) is 0. The molecule has 1 aromatic rings. The van der Waals surface area contributed by atoms with Gasteiger partial charge in [-0.2, -0.15) is 0 Å². The second-order valence-electron chi connectivity index (χ2n) is 4.25. The molecule has 0 unspecified atom stereocenters. The zero-order valence-corrected chi connectivity index (χ0v) is 9.71. The molecule has 0 saturated carbocycles. The van der Waals surface area contributed by atoms with Crippen molar-refractivity contribution < 1.29 is 8.42 Å². The molecule has 0 fully saturated rings. The maximum atomic E-state index is 11.2. The number of nitrogens with one attached hydrogen (secondary N) is 1. The lowest BCUT2D eigenvalue weighted by molar-refractivity contribution is 0.467. The second kappa shape index (κ2) is 3.61. The van der Waals surface area contributed by atoms with Crippen LogP contribution in [0.4, 0.5) is 0 Å². The molecule has 0 aliphatic heterocycles. The molecule has 15 heavy (non-hydrogen) atoms. The first-order valence-corrected chi connectivity index (χ1v) is 6.91. The highest BCUT2D eigenvalue weighted by Gasteiger charge is 2.30. The molecule has 0 spiro atoms. The zero-order chi connectivity index (χ0) is 11.1. The van der Waals surface area contributed by atoms with Gasteiger partial charge in [0.15, 0.2) is 0 Å². The van der Waals surface area contributed by atoms with E-state index in [9.17, 15) is 8.42 Å². The van der Waals surface area contributed by atoms with Crippen LogP contribution in [-0.2, 0) is 16.4 Å². The highest BCUT2D eigenvalue weighted by molar-refractivity contribution is 7.88. The summed E-state index contributed by atoms with van der Waals surface area (Å²) in [6, 6.07) is 7.95. The first kappa shape index (κ1) is 10.6. The molecule has 0 bridgehead atoms. The number of rotatable bonds is 2. The Balaban J connectivity index is 2.34. The average Bonchev–Trinajstić information content (AvgIpc) is 2.41. The van der Waals surface area contributed by atoms with Crippen LogP contribution in [0.2, 0.25) is 0 Å². The van der Waals surface area contributed by atoms with E-state index in [1.807, 2.05) is 18.2 Å². The SMILES string of the molecule is C[C@H]1Cc2ccccc2[C@@H]1NS(C)(=O)=O. The predicted molar refractivity (Wildman–Crippen MR) is 60.0 cm³/mol. The van der Waals surface area contributed by atoms with Crippen molar-refractivity contribution in [1.82, 2.24) is 4.72 Å². The third-order valence-corrected chi connectivity index (χ3v) is 3.52. The Morgan fingerprint density at radius 3 is 2.67 bits per heavy atom. The van der Waals surface area contributed by atoms with Crippen LogP contribution in [0.5, 0.6) is 0 Å². The van der Waals surface area contributed by atoms with Crippen LogP contribution in [0.25, 0.3) is 0 Å². The molecule has 0 heterocycles. The summed E-state index contributed by atoms with van der Waals surface area (Å²) in [5.41, 5.74) is 2.38. The molecule has 1 N–H and O–H groups in total. The van der Waals surface area contributed by atoms with Crippen molar-refractivity contribution in [2.24, 2.45) is 5.92 Å².